The molecule has 1 aliphatic heterocycles. The molecule has 3 rings (SSSR count). The van der Waals surface area contributed by atoms with Crippen molar-refractivity contribution in [1.29, 1.82) is 0 Å². The Kier molecular flexibility index (Phi) is 2.63. The van der Waals surface area contributed by atoms with Gasteiger partial charge in [-0.3, -0.25) is 4.90 Å². The zero-order chi connectivity index (χ0) is 11.8. The average Bonchev–Trinajstić information content (AvgIpc) is 3.10. The second kappa shape index (κ2) is 4.15. The minimum absolute atomic E-state index is 0.372. The van der Waals surface area contributed by atoms with E-state index < -0.39 is 5.97 Å². The molecule has 0 amide bonds. The maximum atomic E-state index is 10.8. The van der Waals surface area contributed by atoms with E-state index in [1.165, 1.54) is 31.4 Å². The van der Waals surface area contributed by atoms with Crippen molar-refractivity contribution in [2.45, 2.75) is 31.8 Å². The summed E-state index contributed by atoms with van der Waals surface area (Å²) in [5.74, 6) is 0.0961. The molecule has 17 heavy (non-hydrogen) atoms. The zero-order valence-corrected chi connectivity index (χ0v) is 9.80. The van der Waals surface area contributed by atoms with Crippen LogP contribution in [0.5, 0.6) is 0 Å². The normalized spacial score (nSPS) is 27.5. The molecule has 1 aromatic rings. The number of nitrogens with zero attached hydrogens (tertiary/aromatic N) is 1. The fraction of sp³-hybridized carbons (Fsp3) is 0.500. The molecule has 2 atom stereocenters. The van der Waals surface area contributed by atoms with Gasteiger partial charge < -0.3 is 5.11 Å². The Bertz CT molecular complexity index is 426. The maximum Gasteiger partial charge on any atom is 0.335 e. The van der Waals surface area contributed by atoms with Crippen LogP contribution < -0.4 is 0 Å². The molecule has 2 fully saturated rings. The summed E-state index contributed by atoms with van der Waals surface area (Å²) < 4.78 is 0. The quantitative estimate of drug-likeness (QED) is 0.868. The topological polar surface area (TPSA) is 40.5 Å². The number of fused-ring (bicyclic) bond motifs is 1. The van der Waals surface area contributed by atoms with Crippen molar-refractivity contribution in [3.8, 4) is 0 Å². The van der Waals surface area contributed by atoms with Gasteiger partial charge in [-0.2, -0.15) is 0 Å². The van der Waals surface area contributed by atoms with Crippen LogP contribution in [0.1, 0.15) is 35.2 Å². The molecule has 0 spiro atoms. The van der Waals surface area contributed by atoms with E-state index in [0.29, 0.717) is 5.56 Å². The molecule has 3 nitrogen and oxygen atoms in total. The lowest BCUT2D eigenvalue weighted by atomic mass is 10.1. The highest BCUT2D eigenvalue weighted by Gasteiger charge is 2.43. The third-order valence-corrected chi connectivity index (χ3v) is 3.96. The summed E-state index contributed by atoms with van der Waals surface area (Å²) in [5, 5.41) is 8.84. The van der Waals surface area contributed by atoms with E-state index in [1.807, 2.05) is 12.1 Å². The molecular weight excluding hydrogens is 214 g/mol. The molecule has 90 valence electrons. The SMILES string of the molecule is O=C(O)c1ccc(CN2CCCC3CC32)cc1. The van der Waals surface area contributed by atoms with Gasteiger partial charge in [-0.1, -0.05) is 12.1 Å². The van der Waals surface area contributed by atoms with Gasteiger partial charge in [0.2, 0.25) is 0 Å². The first kappa shape index (κ1) is 10.8. The van der Waals surface area contributed by atoms with Crippen molar-refractivity contribution < 1.29 is 9.90 Å². The molecule has 0 aromatic heterocycles. The number of rotatable bonds is 3. The van der Waals surface area contributed by atoms with E-state index in [2.05, 4.69) is 4.90 Å². The zero-order valence-electron chi connectivity index (χ0n) is 9.80. The lowest BCUT2D eigenvalue weighted by Gasteiger charge is -2.26. The van der Waals surface area contributed by atoms with Gasteiger partial charge in [-0.25, -0.2) is 4.79 Å². The van der Waals surface area contributed by atoms with E-state index in [0.717, 1.165) is 18.5 Å². The molecular formula is C14H17NO2. The van der Waals surface area contributed by atoms with Gasteiger partial charge in [0.15, 0.2) is 0 Å². The Morgan fingerprint density at radius 1 is 1.35 bits per heavy atom. The van der Waals surface area contributed by atoms with E-state index in [1.54, 1.807) is 12.1 Å². The van der Waals surface area contributed by atoms with Crippen molar-refractivity contribution in [2.24, 2.45) is 5.92 Å². The minimum atomic E-state index is -0.850. The van der Waals surface area contributed by atoms with Crippen molar-refractivity contribution in [3.63, 3.8) is 0 Å². The summed E-state index contributed by atoms with van der Waals surface area (Å²) in [6.45, 7) is 2.17. The molecule has 1 saturated heterocycles. The molecule has 1 N–H and O–H groups in total. The third-order valence-electron chi connectivity index (χ3n) is 3.96. The van der Waals surface area contributed by atoms with Crippen LogP contribution in [0, 0.1) is 5.92 Å². The summed E-state index contributed by atoms with van der Waals surface area (Å²) in [4.78, 5) is 13.3. The molecule has 1 heterocycles. The van der Waals surface area contributed by atoms with E-state index in [9.17, 15) is 4.79 Å². The van der Waals surface area contributed by atoms with Crippen molar-refractivity contribution >= 4 is 5.97 Å². The summed E-state index contributed by atoms with van der Waals surface area (Å²) >= 11 is 0. The van der Waals surface area contributed by atoms with Crippen LogP contribution in [0.25, 0.3) is 0 Å². The highest BCUT2D eigenvalue weighted by molar-refractivity contribution is 5.87. The minimum Gasteiger partial charge on any atom is -0.478 e. The lowest BCUT2D eigenvalue weighted by molar-refractivity contribution is 0.0697. The second-order valence-corrected chi connectivity index (χ2v) is 5.18. The fourth-order valence-electron chi connectivity index (χ4n) is 2.90. The van der Waals surface area contributed by atoms with E-state index >= 15 is 0 Å². The van der Waals surface area contributed by atoms with Crippen LogP contribution in [0.15, 0.2) is 24.3 Å². The van der Waals surface area contributed by atoms with Crippen molar-refractivity contribution in [1.82, 2.24) is 4.90 Å². The van der Waals surface area contributed by atoms with Gasteiger partial charge in [-0.15, -0.1) is 0 Å². The highest BCUT2D eigenvalue weighted by atomic mass is 16.4. The number of carboxylic acid groups (broad SMARTS) is 1. The molecule has 2 unspecified atom stereocenters. The highest BCUT2D eigenvalue weighted by Crippen LogP contribution is 2.43. The summed E-state index contributed by atoms with van der Waals surface area (Å²) in [6.07, 6.45) is 4.08. The van der Waals surface area contributed by atoms with Gasteiger partial charge in [-0.05, 0) is 49.4 Å². The van der Waals surface area contributed by atoms with Crippen LogP contribution >= 0.6 is 0 Å². The van der Waals surface area contributed by atoms with Crippen LogP contribution in [0.2, 0.25) is 0 Å². The predicted octanol–water partition coefficient (Wildman–Crippen LogP) is 2.37. The van der Waals surface area contributed by atoms with E-state index in [-0.39, 0.29) is 0 Å². The monoisotopic (exact) mass is 231 g/mol. The van der Waals surface area contributed by atoms with Gasteiger partial charge in [0, 0.05) is 12.6 Å². The Hall–Kier alpha value is -1.35. The van der Waals surface area contributed by atoms with Crippen LogP contribution in [-0.4, -0.2) is 28.6 Å². The Morgan fingerprint density at radius 3 is 2.82 bits per heavy atom. The first-order chi connectivity index (χ1) is 8.24. The van der Waals surface area contributed by atoms with Gasteiger partial charge in [0.05, 0.1) is 5.56 Å². The number of piperidine rings is 1. The average molecular weight is 231 g/mol. The standard InChI is InChI=1S/C14H17NO2/c16-14(17)11-5-3-10(4-6-11)9-15-7-1-2-12-8-13(12)15/h3-6,12-13H,1-2,7-9H2,(H,16,17). The van der Waals surface area contributed by atoms with E-state index in [4.69, 9.17) is 5.11 Å². The summed E-state index contributed by atoms with van der Waals surface area (Å²) in [6, 6.07) is 8.09. The molecule has 0 radical (unpaired) electrons. The number of hydrogen-bond acceptors (Lipinski definition) is 2. The van der Waals surface area contributed by atoms with Crippen molar-refractivity contribution in [2.75, 3.05) is 6.54 Å². The van der Waals surface area contributed by atoms with Crippen LogP contribution in [0.3, 0.4) is 0 Å². The largest absolute Gasteiger partial charge is 0.478 e. The first-order valence-electron chi connectivity index (χ1n) is 6.30. The van der Waals surface area contributed by atoms with Crippen LogP contribution in [0.4, 0.5) is 0 Å². The molecule has 1 aliphatic carbocycles. The van der Waals surface area contributed by atoms with Gasteiger partial charge >= 0.3 is 5.97 Å². The number of carboxylic acids is 1. The number of hydrogen-bond donors (Lipinski definition) is 1. The predicted molar refractivity (Wildman–Crippen MR) is 64.9 cm³/mol. The number of benzene rings is 1. The van der Waals surface area contributed by atoms with Crippen LogP contribution in [-0.2, 0) is 6.54 Å². The number of likely N-dealkylation sites (tertiary alicyclic amines) is 1. The Labute approximate surface area is 101 Å². The van der Waals surface area contributed by atoms with Crippen molar-refractivity contribution in [3.05, 3.63) is 35.4 Å². The number of carbonyl (C=O) groups is 1. The maximum absolute atomic E-state index is 10.8. The Balaban J connectivity index is 1.66. The lowest BCUT2D eigenvalue weighted by Crippen LogP contribution is -2.31. The molecule has 1 aromatic carbocycles. The first-order valence-corrected chi connectivity index (χ1v) is 6.30. The smallest absolute Gasteiger partial charge is 0.335 e. The Morgan fingerprint density at radius 2 is 2.12 bits per heavy atom. The van der Waals surface area contributed by atoms with Gasteiger partial charge in [0.1, 0.15) is 0 Å². The molecule has 3 heteroatoms. The number of aromatic carboxylic acids is 1. The summed E-state index contributed by atoms with van der Waals surface area (Å²) in [7, 11) is 0. The second-order valence-electron chi connectivity index (χ2n) is 5.18. The molecule has 2 aliphatic rings. The molecule has 1 saturated carbocycles. The summed E-state index contributed by atoms with van der Waals surface area (Å²) in [5.41, 5.74) is 1.60. The molecule has 0 bridgehead atoms. The fourth-order valence-corrected chi connectivity index (χ4v) is 2.90. The van der Waals surface area contributed by atoms with Gasteiger partial charge in [0.25, 0.3) is 0 Å². The third kappa shape index (κ3) is 2.20.